The maximum atomic E-state index is 12.6. The molecule has 1 aromatic carbocycles. The van der Waals surface area contributed by atoms with Crippen LogP contribution in [-0.2, 0) is 7.05 Å². The molecule has 30 heavy (non-hydrogen) atoms. The second-order valence-electron chi connectivity index (χ2n) is 6.81. The molecule has 0 spiro atoms. The number of benzene rings is 1. The van der Waals surface area contributed by atoms with E-state index in [0.29, 0.717) is 11.5 Å². The Kier molecular flexibility index (Phi) is 5.77. The quantitative estimate of drug-likeness (QED) is 0.609. The van der Waals surface area contributed by atoms with E-state index in [1.54, 1.807) is 12.1 Å². The zero-order chi connectivity index (χ0) is 22.0. The van der Waals surface area contributed by atoms with Gasteiger partial charge >= 0.3 is 0 Å². The highest BCUT2D eigenvalue weighted by atomic mass is 16.5. The van der Waals surface area contributed by atoms with Gasteiger partial charge in [-0.1, -0.05) is 0 Å². The van der Waals surface area contributed by atoms with E-state index in [4.69, 9.17) is 13.9 Å². The third-order valence-corrected chi connectivity index (χ3v) is 4.25. The van der Waals surface area contributed by atoms with Crippen molar-refractivity contribution in [2.45, 2.75) is 26.9 Å². The van der Waals surface area contributed by atoms with Crippen molar-refractivity contribution < 1.29 is 23.5 Å². The van der Waals surface area contributed by atoms with Gasteiger partial charge in [-0.15, -0.1) is 0 Å². The van der Waals surface area contributed by atoms with Crippen molar-refractivity contribution >= 4 is 22.9 Å². The highest BCUT2D eigenvalue weighted by Gasteiger charge is 2.23. The number of fused-ring (bicyclic) bond motifs is 1. The third-order valence-electron chi connectivity index (χ3n) is 4.25. The van der Waals surface area contributed by atoms with E-state index >= 15 is 0 Å². The first-order valence-electron chi connectivity index (χ1n) is 9.13. The largest absolute Gasteiger partial charge is 0.493 e. The molecule has 3 aromatic rings. The van der Waals surface area contributed by atoms with Crippen LogP contribution in [0.15, 0.2) is 33.7 Å². The Labute approximate surface area is 171 Å². The number of furan rings is 1. The molecule has 2 N–H and O–H groups in total. The number of carbonyl (C=O) groups is 2. The zero-order valence-corrected chi connectivity index (χ0v) is 17.2. The standard InChI is InChI=1S/C20H22N4O6/c1-10(2)29-13-7-6-12(8-14(13)28-5)17(25)22-23-18(26)15-11(3)30-19-16(15)20(27)24(4)9-21-19/h6-10H,1-5H3,(H,22,25)(H,23,26). The number of ether oxygens (including phenoxy) is 2. The van der Waals surface area contributed by atoms with Crippen LogP contribution in [0.5, 0.6) is 11.5 Å². The van der Waals surface area contributed by atoms with E-state index < -0.39 is 17.4 Å². The lowest BCUT2D eigenvalue weighted by Crippen LogP contribution is -2.42. The van der Waals surface area contributed by atoms with Gasteiger partial charge in [0, 0.05) is 12.6 Å². The van der Waals surface area contributed by atoms with Crippen LogP contribution in [0.25, 0.3) is 11.1 Å². The Hall–Kier alpha value is -3.82. The Balaban J connectivity index is 1.79. The van der Waals surface area contributed by atoms with E-state index in [2.05, 4.69) is 15.8 Å². The van der Waals surface area contributed by atoms with Crippen molar-refractivity contribution in [1.29, 1.82) is 0 Å². The summed E-state index contributed by atoms with van der Waals surface area (Å²) in [5.41, 5.74) is 4.50. The molecule has 0 atom stereocenters. The van der Waals surface area contributed by atoms with Crippen molar-refractivity contribution in [3.63, 3.8) is 0 Å². The monoisotopic (exact) mass is 414 g/mol. The lowest BCUT2D eigenvalue weighted by atomic mass is 10.2. The minimum Gasteiger partial charge on any atom is -0.493 e. The van der Waals surface area contributed by atoms with Crippen LogP contribution in [0.4, 0.5) is 0 Å². The predicted octanol–water partition coefficient (Wildman–Crippen LogP) is 1.71. The van der Waals surface area contributed by atoms with Crippen molar-refractivity contribution in [2.24, 2.45) is 7.05 Å². The van der Waals surface area contributed by atoms with Gasteiger partial charge in [-0.3, -0.25) is 25.2 Å². The van der Waals surface area contributed by atoms with Gasteiger partial charge in [0.2, 0.25) is 5.71 Å². The summed E-state index contributed by atoms with van der Waals surface area (Å²) in [4.78, 5) is 41.5. The zero-order valence-electron chi connectivity index (χ0n) is 17.2. The molecule has 0 aliphatic heterocycles. The minimum absolute atomic E-state index is 0.0114. The summed E-state index contributed by atoms with van der Waals surface area (Å²) < 4.78 is 17.5. The molecule has 3 rings (SSSR count). The van der Waals surface area contributed by atoms with Crippen LogP contribution in [0.1, 0.15) is 40.3 Å². The van der Waals surface area contributed by atoms with Gasteiger partial charge in [-0.25, -0.2) is 4.98 Å². The molecule has 10 nitrogen and oxygen atoms in total. The molecule has 0 saturated carbocycles. The number of amides is 2. The van der Waals surface area contributed by atoms with Crippen molar-refractivity contribution in [3.05, 3.63) is 51.8 Å². The number of hydrazine groups is 1. The number of hydrogen-bond donors (Lipinski definition) is 2. The summed E-state index contributed by atoms with van der Waals surface area (Å²) in [5.74, 6) is -0.180. The highest BCUT2D eigenvalue weighted by molar-refractivity contribution is 6.07. The molecule has 0 bridgehead atoms. The number of carbonyl (C=O) groups excluding carboxylic acids is 2. The lowest BCUT2D eigenvalue weighted by molar-refractivity contribution is 0.0846. The van der Waals surface area contributed by atoms with Gasteiger partial charge in [-0.05, 0) is 39.0 Å². The first kappa shape index (κ1) is 20.9. The molecule has 0 aliphatic rings. The van der Waals surface area contributed by atoms with Gasteiger partial charge in [-0.2, -0.15) is 0 Å². The van der Waals surface area contributed by atoms with Crippen LogP contribution < -0.4 is 25.9 Å². The smallest absolute Gasteiger partial charge is 0.274 e. The van der Waals surface area contributed by atoms with Gasteiger partial charge in [0.25, 0.3) is 17.4 Å². The van der Waals surface area contributed by atoms with Crippen molar-refractivity contribution in [3.8, 4) is 11.5 Å². The molecule has 158 valence electrons. The summed E-state index contributed by atoms with van der Waals surface area (Å²) in [6.45, 7) is 5.29. The van der Waals surface area contributed by atoms with E-state index in [1.165, 1.54) is 38.0 Å². The van der Waals surface area contributed by atoms with Crippen molar-refractivity contribution in [1.82, 2.24) is 20.4 Å². The molecule has 0 saturated heterocycles. The number of methoxy groups -OCH3 is 1. The van der Waals surface area contributed by atoms with E-state index in [9.17, 15) is 14.4 Å². The van der Waals surface area contributed by atoms with Gasteiger partial charge in [0.05, 0.1) is 18.8 Å². The summed E-state index contributed by atoms with van der Waals surface area (Å²) in [5, 5.41) is 0.0427. The second kappa shape index (κ2) is 8.27. The normalized spacial score (nSPS) is 10.9. The van der Waals surface area contributed by atoms with Crippen LogP contribution >= 0.6 is 0 Å². The summed E-state index contributed by atoms with van der Waals surface area (Å²) in [7, 11) is 2.98. The summed E-state index contributed by atoms with van der Waals surface area (Å²) in [6, 6.07) is 4.65. The van der Waals surface area contributed by atoms with E-state index in [-0.39, 0.29) is 34.1 Å². The van der Waals surface area contributed by atoms with Crippen LogP contribution in [0.3, 0.4) is 0 Å². The summed E-state index contributed by atoms with van der Waals surface area (Å²) in [6.07, 6.45) is 1.24. The van der Waals surface area contributed by atoms with Gasteiger partial charge in [0.1, 0.15) is 17.5 Å². The van der Waals surface area contributed by atoms with Crippen LogP contribution in [-0.4, -0.2) is 34.6 Å². The molecule has 2 heterocycles. The predicted molar refractivity (Wildman–Crippen MR) is 108 cm³/mol. The number of nitrogens with one attached hydrogen (secondary N) is 2. The first-order valence-corrected chi connectivity index (χ1v) is 9.13. The molecular formula is C20H22N4O6. The number of rotatable bonds is 5. The topological polar surface area (TPSA) is 125 Å². The highest BCUT2D eigenvalue weighted by Crippen LogP contribution is 2.29. The maximum absolute atomic E-state index is 12.6. The molecule has 0 unspecified atom stereocenters. The average molecular weight is 414 g/mol. The third kappa shape index (κ3) is 3.97. The molecule has 0 aliphatic carbocycles. The Bertz CT molecular complexity index is 1180. The molecule has 2 amide bonds. The Morgan fingerprint density at radius 2 is 1.87 bits per heavy atom. The maximum Gasteiger partial charge on any atom is 0.274 e. The number of aromatic nitrogens is 2. The fraction of sp³-hybridized carbons (Fsp3) is 0.300. The minimum atomic E-state index is -0.698. The van der Waals surface area contributed by atoms with Gasteiger partial charge < -0.3 is 18.5 Å². The first-order chi connectivity index (χ1) is 14.2. The molecule has 0 radical (unpaired) electrons. The Morgan fingerprint density at radius 1 is 1.17 bits per heavy atom. The van der Waals surface area contributed by atoms with E-state index in [1.807, 2.05) is 13.8 Å². The Morgan fingerprint density at radius 3 is 2.53 bits per heavy atom. The SMILES string of the molecule is COc1cc(C(=O)NNC(=O)c2c(C)oc3ncn(C)c(=O)c23)ccc1OC(C)C. The molecule has 0 fully saturated rings. The fourth-order valence-corrected chi connectivity index (χ4v) is 2.87. The van der Waals surface area contributed by atoms with Gasteiger partial charge in [0.15, 0.2) is 11.5 Å². The molecular weight excluding hydrogens is 392 g/mol. The number of hydrogen-bond acceptors (Lipinski definition) is 7. The van der Waals surface area contributed by atoms with E-state index in [0.717, 1.165) is 0 Å². The summed E-state index contributed by atoms with van der Waals surface area (Å²) >= 11 is 0. The second-order valence-corrected chi connectivity index (χ2v) is 6.81. The molecule has 2 aromatic heterocycles. The van der Waals surface area contributed by atoms with Crippen LogP contribution in [0, 0.1) is 6.92 Å². The molecule has 10 heteroatoms. The average Bonchev–Trinajstić information content (AvgIpc) is 3.05. The fourth-order valence-electron chi connectivity index (χ4n) is 2.87. The lowest BCUT2D eigenvalue weighted by Gasteiger charge is -2.14. The van der Waals surface area contributed by atoms with Crippen molar-refractivity contribution in [2.75, 3.05) is 7.11 Å². The van der Waals surface area contributed by atoms with Crippen LogP contribution in [0.2, 0.25) is 0 Å². The number of nitrogens with zero attached hydrogens (tertiary/aromatic N) is 2. The number of aryl methyl sites for hydroxylation is 2.